The Bertz CT molecular complexity index is 2230. The Hall–Kier alpha value is -4.94. The lowest BCUT2D eigenvalue weighted by atomic mass is 9.83. The largest absolute Gasteiger partial charge is 0.392 e. The summed E-state index contributed by atoms with van der Waals surface area (Å²) in [5.74, 6) is -0.253. The zero-order valence-electron chi connectivity index (χ0n) is 29.6. The van der Waals surface area contributed by atoms with Crippen LogP contribution in [-0.4, -0.2) is 54.3 Å². The molecule has 10 heteroatoms. The molecular weight excluding hydrogens is 687 g/mol. The van der Waals surface area contributed by atoms with Gasteiger partial charge in [0, 0.05) is 41.3 Å². The number of fused-ring (bicyclic) bond motifs is 1. The fourth-order valence-corrected chi connectivity index (χ4v) is 8.27. The minimum Gasteiger partial charge on any atom is -0.392 e. The Kier molecular flexibility index (Phi) is 11.0. The van der Waals surface area contributed by atoms with Crippen LogP contribution in [0.4, 0.5) is 5.69 Å². The molecule has 0 amide bonds. The van der Waals surface area contributed by atoms with Crippen molar-refractivity contribution in [3.63, 3.8) is 0 Å². The monoisotopic (exact) mass is 729 g/mol. The third-order valence-corrected chi connectivity index (χ3v) is 11.4. The number of pyridine rings is 1. The summed E-state index contributed by atoms with van der Waals surface area (Å²) in [5, 5.41) is 21.9. The number of anilines is 1. The Morgan fingerprint density at radius 2 is 1.47 bits per heavy atom. The standard InChI is InChI=1S/C43H43N3O6S/c1-29(41(48)33-14-7-4-8-15-33)46(2)27-37-39(31-12-5-3-6-13-31)42(34-23-21-30(28-47)22-24-34)52-43(51-37)35-17-9-19-36(26-35)45-53(49,50)38-20-10-16-32-18-11-25-44-40(32)38/h3-26,29,37,39,41-43,45,47-48H,27-28H2,1-2H3/t29-,37+,39+,41-,42-,43?/m0/s1. The van der Waals surface area contributed by atoms with Crippen LogP contribution >= 0.6 is 0 Å². The summed E-state index contributed by atoms with van der Waals surface area (Å²) >= 11 is 0. The number of benzene rings is 5. The molecule has 0 bridgehead atoms. The minimum atomic E-state index is -4.00. The van der Waals surface area contributed by atoms with Crippen molar-refractivity contribution in [3.05, 3.63) is 174 Å². The number of rotatable bonds is 12. The summed E-state index contributed by atoms with van der Waals surface area (Å²) in [5.41, 5.74) is 4.93. The van der Waals surface area contributed by atoms with Gasteiger partial charge in [-0.3, -0.25) is 14.6 Å². The van der Waals surface area contributed by atoms with Crippen molar-refractivity contribution in [1.29, 1.82) is 0 Å². The molecule has 1 saturated heterocycles. The van der Waals surface area contributed by atoms with E-state index >= 15 is 0 Å². The first-order valence-corrected chi connectivity index (χ1v) is 19.2. The van der Waals surface area contributed by atoms with Crippen molar-refractivity contribution < 1.29 is 28.1 Å². The maximum atomic E-state index is 13.7. The Morgan fingerprint density at radius 1 is 0.792 bits per heavy atom. The summed E-state index contributed by atoms with van der Waals surface area (Å²) in [6.07, 6.45) is -0.910. The van der Waals surface area contributed by atoms with E-state index in [0.29, 0.717) is 23.3 Å². The highest BCUT2D eigenvalue weighted by Gasteiger charge is 2.43. The van der Waals surface area contributed by atoms with Crippen LogP contribution < -0.4 is 4.72 Å². The van der Waals surface area contributed by atoms with Crippen LogP contribution in [-0.2, 0) is 26.1 Å². The number of para-hydroxylation sites is 1. The molecule has 1 aliphatic heterocycles. The number of hydrogen-bond acceptors (Lipinski definition) is 8. The fraction of sp³-hybridized carbons (Fsp3) is 0.233. The molecule has 9 nitrogen and oxygen atoms in total. The van der Waals surface area contributed by atoms with Gasteiger partial charge >= 0.3 is 0 Å². The number of aliphatic hydroxyl groups is 2. The van der Waals surface area contributed by atoms with Crippen molar-refractivity contribution in [2.75, 3.05) is 18.3 Å². The maximum absolute atomic E-state index is 13.7. The molecule has 0 spiro atoms. The normalized spacial score (nSPS) is 20.2. The molecule has 2 heterocycles. The highest BCUT2D eigenvalue weighted by atomic mass is 32.2. The highest BCUT2D eigenvalue weighted by Crippen LogP contribution is 2.47. The molecule has 1 aromatic heterocycles. The zero-order valence-corrected chi connectivity index (χ0v) is 30.4. The second-order valence-corrected chi connectivity index (χ2v) is 15.1. The van der Waals surface area contributed by atoms with Crippen molar-refractivity contribution in [1.82, 2.24) is 9.88 Å². The molecule has 53 heavy (non-hydrogen) atoms. The van der Waals surface area contributed by atoms with E-state index < -0.39 is 34.6 Å². The van der Waals surface area contributed by atoms with Gasteiger partial charge in [-0.1, -0.05) is 115 Å². The highest BCUT2D eigenvalue weighted by molar-refractivity contribution is 7.93. The van der Waals surface area contributed by atoms with E-state index in [0.717, 1.165) is 27.6 Å². The van der Waals surface area contributed by atoms with E-state index in [-0.39, 0.29) is 23.5 Å². The molecule has 6 atom stereocenters. The van der Waals surface area contributed by atoms with Crippen LogP contribution in [0.2, 0.25) is 0 Å². The van der Waals surface area contributed by atoms with Gasteiger partial charge in [0.15, 0.2) is 6.29 Å². The van der Waals surface area contributed by atoms with Gasteiger partial charge in [-0.2, -0.15) is 0 Å². The molecular formula is C43H43N3O6S. The van der Waals surface area contributed by atoms with Gasteiger partial charge in [-0.05, 0) is 60.5 Å². The number of likely N-dealkylation sites (N-methyl/N-ethyl adjacent to an activating group) is 1. The van der Waals surface area contributed by atoms with Crippen LogP contribution in [0.15, 0.2) is 151 Å². The number of nitrogens with one attached hydrogen (secondary N) is 1. The van der Waals surface area contributed by atoms with Gasteiger partial charge in [-0.25, -0.2) is 8.42 Å². The first-order valence-electron chi connectivity index (χ1n) is 17.7. The van der Waals surface area contributed by atoms with Crippen molar-refractivity contribution >= 4 is 26.6 Å². The maximum Gasteiger partial charge on any atom is 0.264 e. The summed E-state index contributed by atoms with van der Waals surface area (Å²) in [4.78, 5) is 6.53. The fourth-order valence-electron chi connectivity index (χ4n) is 7.04. The lowest BCUT2D eigenvalue weighted by Crippen LogP contribution is -2.46. The first-order chi connectivity index (χ1) is 25.7. The second kappa shape index (κ2) is 16.0. The molecule has 272 valence electrons. The SMILES string of the molecule is C[C@@H]([C@H](O)c1ccccc1)N(C)C[C@H]1OC(c2cccc(NS(=O)(=O)c3cccc4cccnc34)c2)O[C@@H](c2ccc(CO)cc2)[C@@H]1c1ccccc1. The Labute approximate surface area is 310 Å². The minimum absolute atomic E-state index is 0.0771. The van der Waals surface area contributed by atoms with Gasteiger partial charge in [0.25, 0.3) is 10.0 Å². The summed E-state index contributed by atoms with van der Waals surface area (Å²) in [6.45, 7) is 2.38. The van der Waals surface area contributed by atoms with Gasteiger partial charge < -0.3 is 19.7 Å². The number of aromatic nitrogens is 1. The molecule has 0 radical (unpaired) electrons. The van der Waals surface area contributed by atoms with Crippen LogP contribution in [0.3, 0.4) is 0 Å². The van der Waals surface area contributed by atoms with E-state index in [1.165, 1.54) is 0 Å². The predicted octanol–water partition coefficient (Wildman–Crippen LogP) is 7.52. The average molecular weight is 730 g/mol. The molecule has 5 aromatic carbocycles. The second-order valence-electron chi connectivity index (χ2n) is 13.5. The first kappa shape index (κ1) is 36.4. The lowest BCUT2D eigenvalue weighted by Gasteiger charge is -2.45. The van der Waals surface area contributed by atoms with Gasteiger partial charge in [-0.15, -0.1) is 0 Å². The smallest absolute Gasteiger partial charge is 0.264 e. The molecule has 1 aliphatic rings. The van der Waals surface area contributed by atoms with Gasteiger partial charge in [0.2, 0.25) is 0 Å². The Balaban J connectivity index is 1.24. The number of aliphatic hydroxyl groups excluding tert-OH is 2. The van der Waals surface area contributed by atoms with Crippen LogP contribution in [0.1, 0.15) is 59.2 Å². The molecule has 7 rings (SSSR count). The molecule has 1 fully saturated rings. The third-order valence-electron chi connectivity index (χ3n) is 10.0. The van der Waals surface area contributed by atoms with E-state index in [1.807, 2.05) is 105 Å². The van der Waals surface area contributed by atoms with Crippen LogP contribution in [0.5, 0.6) is 0 Å². The number of hydrogen-bond donors (Lipinski definition) is 3. The molecule has 0 saturated carbocycles. The molecule has 1 unspecified atom stereocenters. The van der Waals surface area contributed by atoms with Crippen molar-refractivity contribution in [3.8, 4) is 0 Å². The predicted molar refractivity (Wildman–Crippen MR) is 205 cm³/mol. The quantitative estimate of drug-likeness (QED) is 0.118. The molecule has 0 aliphatic carbocycles. The number of ether oxygens (including phenoxy) is 2. The van der Waals surface area contributed by atoms with E-state index in [2.05, 4.69) is 26.7 Å². The zero-order chi connectivity index (χ0) is 37.0. The van der Waals surface area contributed by atoms with Crippen LogP contribution in [0.25, 0.3) is 10.9 Å². The van der Waals surface area contributed by atoms with E-state index in [4.69, 9.17) is 9.47 Å². The Morgan fingerprint density at radius 3 is 2.21 bits per heavy atom. The molecule has 6 aromatic rings. The van der Waals surface area contributed by atoms with Gasteiger partial charge in [0.05, 0.1) is 30.4 Å². The van der Waals surface area contributed by atoms with E-state index in [1.54, 1.807) is 42.6 Å². The topological polar surface area (TPSA) is 121 Å². The average Bonchev–Trinajstić information content (AvgIpc) is 3.20. The van der Waals surface area contributed by atoms with E-state index in [9.17, 15) is 18.6 Å². The van der Waals surface area contributed by atoms with Gasteiger partial charge in [0.1, 0.15) is 4.90 Å². The summed E-state index contributed by atoms with van der Waals surface area (Å²) in [7, 11) is -2.02. The lowest BCUT2D eigenvalue weighted by molar-refractivity contribution is -0.264. The number of sulfonamides is 1. The van der Waals surface area contributed by atoms with Crippen LogP contribution in [0, 0.1) is 0 Å². The summed E-state index contributed by atoms with van der Waals surface area (Å²) < 4.78 is 44.0. The third kappa shape index (κ3) is 8.03. The van der Waals surface area contributed by atoms with Crippen molar-refractivity contribution in [2.24, 2.45) is 0 Å². The number of nitrogens with zero attached hydrogens (tertiary/aromatic N) is 2. The molecule has 3 N–H and O–H groups in total. The summed E-state index contributed by atoms with van der Waals surface area (Å²) in [6, 6.07) is 42.9. The van der Waals surface area contributed by atoms with Crippen molar-refractivity contribution in [2.45, 2.75) is 55.0 Å².